The minimum atomic E-state index is -1.05. The first-order valence-electron chi connectivity index (χ1n) is 5.58. The number of halogens is 3. The third-order valence-corrected chi connectivity index (χ3v) is 2.89. The lowest BCUT2D eigenvalue weighted by Gasteiger charge is -2.10. The van der Waals surface area contributed by atoms with Crippen molar-refractivity contribution in [1.29, 1.82) is 0 Å². The molecule has 0 saturated carbocycles. The predicted octanol–water partition coefficient (Wildman–Crippen LogP) is 3.42. The number of nitrogens with zero attached hydrogens (tertiary/aromatic N) is 1. The number of ether oxygens (including phenoxy) is 1. The van der Waals surface area contributed by atoms with Gasteiger partial charge in [0, 0.05) is 16.2 Å². The number of hydrogen-bond acceptors (Lipinski definition) is 3. The molecule has 6 heteroatoms. The molecule has 1 aromatic carbocycles. The number of nitrogens with two attached hydrogens (primary N) is 1. The van der Waals surface area contributed by atoms with Crippen LogP contribution in [0.4, 0.5) is 8.78 Å². The van der Waals surface area contributed by atoms with Crippen molar-refractivity contribution in [2.75, 3.05) is 6.54 Å². The Kier molecular flexibility index (Phi) is 4.44. The van der Waals surface area contributed by atoms with Gasteiger partial charge in [-0.15, -0.1) is 0 Å². The second kappa shape index (κ2) is 6.08. The van der Waals surface area contributed by atoms with Crippen LogP contribution >= 0.6 is 15.9 Å². The smallest absolute Gasteiger partial charge is 0.222 e. The largest absolute Gasteiger partial charge is 0.436 e. The second-order valence-electron chi connectivity index (χ2n) is 3.81. The van der Waals surface area contributed by atoms with E-state index in [0.717, 1.165) is 11.6 Å². The molecule has 0 fully saturated rings. The van der Waals surface area contributed by atoms with E-state index in [-0.39, 0.29) is 11.6 Å². The highest BCUT2D eigenvalue weighted by Gasteiger charge is 2.14. The van der Waals surface area contributed by atoms with Crippen LogP contribution in [0.5, 0.6) is 11.6 Å². The Bertz CT molecular complexity index is 593. The molecule has 0 aliphatic carbocycles. The summed E-state index contributed by atoms with van der Waals surface area (Å²) in [5, 5.41) is 0. The lowest BCUT2D eigenvalue weighted by molar-refractivity contribution is 0.401. The van der Waals surface area contributed by atoms with Crippen molar-refractivity contribution < 1.29 is 13.5 Å². The molecule has 0 bridgehead atoms. The Morgan fingerprint density at radius 3 is 2.84 bits per heavy atom. The van der Waals surface area contributed by atoms with Crippen molar-refractivity contribution in [2.45, 2.75) is 6.42 Å². The molecule has 0 amide bonds. The average molecular weight is 329 g/mol. The quantitative estimate of drug-likeness (QED) is 0.875. The van der Waals surface area contributed by atoms with E-state index in [2.05, 4.69) is 20.9 Å². The fraction of sp³-hybridized carbons (Fsp3) is 0.154. The van der Waals surface area contributed by atoms with Crippen molar-refractivity contribution in [1.82, 2.24) is 4.98 Å². The van der Waals surface area contributed by atoms with Crippen LogP contribution in [-0.4, -0.2) is 11.5 Å². The summed E-state index contributed by atoms with van der Waals surface area (Å²) in [5.74, 6) is -2.03. The zero-order valence-corrected chi connectivity index (χ0v) is 11.5. The van der Waals surface area contributed by atoms with Crippen LogP contribution in [-0.2, 0) is 6.42 Å². The van der Waals surface area contributed by atoms with Gasteiger partial charge in [-0.2, -0.15) is 4.39 Å². The molecular weight excluding hydrogens is 318 g/mol. The molecule has 19 heavy (non-hydrogen) atoms. The highest BCUT2D eigenvalue weighted by atomic mass is 79.9. The summed E-state index contributed by atoms with van der Waals surface area (Å²) in [6.07, 6.45) is 2.06. The van der Waals surface area contributed by atoms with Gasteiger partial charge in [-0.1, -0.05) is 22.0 Å². The summed E-state index contributed by atoms with van der Waals surface area (Å²) >= 11 is 3.08. The number of aromatic nitrogens is 1. The van der Waals surface area contributed by atoms with E-state index in [1.54, 1.807) is 12.1 Å². The fourth-order valence-electron chi connectivity index (χ4n) is 1.57. The van der Waals surface area contributed by atoms with Crippen molar-refractivity contribution in [2.24, 2.45) is 5.73 Å². The second-order valence-corrected chi connectivity index (χ2v) is 4.72. The van der Waals surface area contributed by atoms with Gasteiger partial charge in [0.1, 0.15) is 0 Å². The molecule has 0 aliphatic heterocycles. The van der Waals surface area contributed by atoms with Gasteiger partial charge in [-0.25, -0.2) is 9.37 Å². The fourth-order valence-corrected chi connectivity index (χ4v) is 1.98. The highest BCUT2D eigenvalue weighted by Crippen LogP contribution is 2.30. The molecule has 1 heterocycles. The van der Waals surface area contributed by atoms with Crippen LogP contribution < -0.4 is 10.5 Å². The first kappa shape index (κ1) is 13.9. The Hall–Kier alpha value is -1.53. The Morgan fingerprint density at radius 2 is 2.11 bits per heavy atom. The van der Waals surface area contributed by atoms with E-state index in [0.29, 0.717) is 17.4 Å². The summed E-state index contributed by atoms with van der Waals surface area (Å²) in [6, 6.07) is 5.89. The monoisotopic (exact) mass is 328 g/mol. The number of rotatable bonds is 4. The summed E-state index contributed by atoms with van der Waals surface area (Å²) in [7, 11) is 0. The van der Waals surface area contributed by atoms with Gasteiger partial charge in [0.2, 0.25) is 11.7 Å². The maximum atomic E-state index is 13.6. The molecule has 0 atom stereocenters. The first-order chi connectivity index (χ1) is 9.11. The molecular formula is C13H11BrF2N2O. The van der Waals surface area contributed by atoms with Crippen LogP contribution in [0.3, 0.4) is 0 Å². The van der Waals surface area contributed by atoms with E-state index in [4.69, 9.17) is 10.5 Å². The number of hydrogen-bond donors (Lipinski definition) is 1. The van der Waals surface area contributed by atoms with Gasteiger partial charge in [0.25, 0.3) is 0 Å². The standard InChI is InChI=1S/C13H11BrF2N2O/c14-9-6-10(15)12(16)11(7-9)19-13-8(3-4-17)2-1-5-18-13/h1-2,5-7H,3-4,17H2. The third-order valence-electron chi connectivity index (χ3n) is 2.43. The van der Waals surface area contributed by atoms with E-state index < -0.39 is 11.6 Å². The SMILES string of the molecule is NCCc1cccnc1Oc1cc(Br)cc(F)c1F. The lowest BCUT2D eigenvalue weighted by Crippen LogP contribution is -2.05. The van der Waals surface area contributed by atoms with E-state index >= 15 is 0 Å². The Balaban J connectivity index is 2.36. The van der Waals surface area contributed by atoms with Crippen molar-refractivity contribution in [3.05, 3.63) is 52.1 Å². The van der Waals surface area contributed by atoms with Gasteiger partial charge in [-0.05, 0) is 31.2 Å². The summed E-state index contributed by atoms with van der Waals surface area (Å²) in [4.78, 5) is 4.01. The normalized spacial score (nSPS) is 10.5. The van der Waals surface area contributed by atoms with Crippen LogP contribution in [0.1, 0.15) is 5.56 Å². The molecule has 100 valence electrons. The lowest BCUT2D eigenvalue weighted by atomic mass is 10.2. The molecule has 1 aromatic heterocycles. The molecule has 0 unspecified atom stereocenters. The summed E-state index contributed by atoms with van der Waals surface area (Å²) in [5.41, 5.74) is 6.22. The number of pyridine rings is 1. The van der Waals surface area contributed by atoms with Crippen molar-refractivity contribution in [3.63, 3.8) is 0 Å². The molecule has 0 aliphatic rings. The van der Waals surface area contributed by atoms with Gasteiger partial charge < -0.3 is 10.5 Å². The minimum Gasteiger partial charge on any atom is -0.436 e. The molecule has 2 aromatic rings. The molecule has 0 spiro atoms. The topological polar surface area (TPSA) is 48.1 Å². The van der Waals surface area contributed by atoms with E-state index in [1.807, 2.05) is 0 Å². The maximum Gasteiger partial charge on any atom is 0.222 e. The zero-order chi connectivity index (χ0) is 13.8. The molecule has 2 rings (SSSR count). The van der Waals surface area contributed by atoms with Crippen LogP contribution in [0, 0.1) is 11.6 Å². The Labute approximate surface area is 117 Å². The van der Waals surface area contributed by atoms with Crippen molar-refractivity contribution >= 4 is 15.9 Å². The third kappa shape index (κ3) is 3.27. The van der Waals surface area contributed by atoms with Crippen LogP contribution in [0.25, 0.3) is 0 Å². The minimum absolute atomic E-state index is 0.219. The van der Waals surface area contributed by atoms with Gasteiger partial charge in [0.15, 0.2) is 11.6 Å². The van der Waals surface area contributed by atoms with Gasteiger partial charge in [0.05, 0.1) is 0 Å². The van der Waals surface area contributed by atoms with Gasteiger partial charge >= 0.3 is 0 Å². The van der Waals surface area contributed by atoms with Crippen LogP contribution in [0.15, 0.2) is 34.9 Å². The molecule has 2 N–H and O–H groups in total. The average Bonchev–Trinajstić information content (AvgIpc) is 2.38. The van der Waals surface area contributed by atoms with E-state index in [1.165, 1.54) is 12.3 Å². The first-order valence-corrected chi connectivity index (χ1v) is 6.37. The van der Waals surface area contributed by atoms with Gasteiger partial charge in [-0.3, -0.25) is 0 Å². The van der Waals surface area contributed by atoms with E-state index in [9.17, 15) is 8.78 Å². The maximum absolute atomic E-state index is 13.6. The number of benzene rings is 1. The molecule has 0 radical (unpaired) electrons. The van der Waals surface area contributed by atoms with Crippen molar-refractivity contribution in [3.8, 4) is 11.6 Å². The molecule has 3 nitrogen and oxygen atoms in total. The predicted molar refractivity (Wildman–Crippen MR) is 71.1 cm³/mol. The highest BCUT2D eigenvalue weighted by molar-refractivity contribution is 9.10. The summed E-state index contributed by atoms with van der Waals surface area (Å²) in [6.45, 7) is 0.414. The zero-order valence-electron chi connectivity index (χ0n) is 9.87. The Morgan fingerprint density at radius 1 is 1.32 bits per heavy atom. The van der Waals surface area contributed by atoms with Crippen LogP contribution in [0.2, 0.25) is 0 Å². The summed E-state index contributed by atoms with van der Waals surface area (Å²) < 4.78 is 32.6. The molecule has 0 saturated heterocycles.